The van der Waals surface area contributed by atoms with Crippen molar-refractivity contribution in [3.63, 3.8) is 0 Å². The highest BCUT2D eigenvalue weighted by atomic mass is 16.6. The van der Waals surface area contributed by atoms with Gasteiger partial charge in [0.2, 0.25) is 0 Å². The summed E-state index contributed by atoms with van der Waals surface area (Å²) in [6, 6.07) is 8.44. The minimum absolute atomic E-state index is 0.381. The molecule has 1 saturated heterocycles. The molecular weight excluding hydrogens is 176 g/mol. The second-order valence-corrected chi connectivity index (χ2v) is 3.71. The van der Waals surface area contributed by atoms with Crippen LogP contribution in [0.4, 0.5) is 0 Å². The first-order valence-corrected chi connectivity index (χ1v) is 5.10. The molecule has 2 nitrogen and oxygen atoms in total. The van der Waals surface area contributed by atoms with Gasteiger partial charge in [-0.15, -0.1) is 0 Å². The van der Waals surface area contributed by atoms with Gasteiger partial charge in [-0.1, -0.05) is 24.3 Å². The molecule has 76 valence electrons. The molecule has 1 atom stereocenters. The molecule has 2 rings (SSSR count). The van der Waals surface area contributed by atoms with Crippen molar-refractivity contribution in [2.24, 2.45) is 0 Å². The molecule has 1 aliphatic rings. The van der Waals surface area contributed by atoms with E-state index in [1.54, 1.807) is 0 Å². The van der Waals surface area contributed by atoms with Crippen LogP contribution in [0.5, 0.6) is 0 Å². The monoisotopic (exact) mass is 192 g/mol. The van der Waals surface area contributed by atoms with E-state index in [4.69, 9.17) is 9.47 Å². The van der Waals surface area contributed by atoms with E-state index in [1.165, 1.54) is 11.1 Å². The molecule has 14 heavy (non-hydrogen) atoms. The van der Waals surface area contributed by atoms with Gasteiger partial charge in [0.15, 0.2) is 0 Å². The molecule has 0 spiro atoms. The largest absolute Gasteiger partial charge is 0.378 e. The number of ether oxygens (including phenoxy) is 2. The van der Waals surface area contributed by atoms with E-state index in [0.717, 1.165) is 26.2 Å². The van der Waals surface area contributed by atoms with Gasteiger partial charge in [-0.3, -0.25) is 0 Å². The van der Waals surface area contributed by atoms with Gasteiger partial charge < -0.3 is 9.47 Å². The third-order valence-corrected chi connectivity index (χ3v) is 2.48. The molecule has 0 radical (unpaired) electrons. The summed E-state index contributed by atoms with van der Waals surface area (Å²) in [6.07, 6.45) is 1.38. The highest BCUT2D eigenvalue weighted by molar-refractivity contribution is 5.25. The maximum atomic E-state index is 5.49. The molecule has 0 saturated carbocycles. The Morgan fingerprint density at radius 2 is 2.21 bits per heavy atom. The Kier molecular flexibility index (Phi) is 3.17. The van der Waals surface area contributed by atoms with Crippen molar-refractivity contribution in [1.29, 1.82) is 0 Å². The molecule has 1 aliphatic heterocycles. The van der Waals surface area contributed by atoms with Gasteiger partial charge in [-0.05, 0) is 24.5 Å². The van der Waals surface area contributed by atoms with Crippen molar-refractivity contribution in [2.45, 2.75) is 19.4 Å². The summed E-state index contributed by atoms with van der Waals surface area (Å²) in [5.74, 6) is 0. The quantitative estimate of drug-likeness (QED) is 0.525. The van der Waals surface area contributed by atoms with Crippen LogP contribution in [0.15, 0.2) is 24.3 Å². The van der Waals surface area contributed by atoms with Gasteiger partial charge >= 0.3 is 0 Å². The standard InChI is InChI=1S/C12H16O2/c1-10-4-2-3-5-11(10)6-7-13-8-12-9-14-12/h2-5,12H,6-9H2,1H3. The molecule has 1 fully saturated rings. The minimum Gasteiger partial charge on any atom is -0.378 e. The van der Waals surface area contributed by atoms with E-state index in [1.807, 2.05) is 0 Å². The summed E-state index contributed by atoms with van der Waals surface area (Å²) < 4.78 is 10.6. The fourth-order valence-electron chi connectivity index (χ4n) is 1.45. The molecular formula is C12H16O2. The first kappa shape index (κ1) is 9.69. The van der Waals surface area contributed by atoms with Crippen LogP contribution in [0.2, 0.25) is 0 Å². The Bertz CT molecular complexity index is 292. The maximum absolute atomic E-state index is 5.49. The zero-order chi connectivity index (χ0) is 9.80. The summed E-state index contributed by atoms with van der Waals surface area (Å²) in [6.45, 7) is 4.57. The smallest absolute Gasteiger partial charge is 0.104 e. The normalized spacial score (nSPS) is 19.6. The Hall–Kier alpha value is -0.860. The van der Waals surface area contributed by atoms with Crippen LogP contribution < -0.4 is 0 Å². The van der Waals surface area contributed by atoms with Crippen LogP contribution >= 0.6 is 0 Å². The van der Waals surface area contributed by atoms with Gasteiger partial charge in [0.05, 0.1) is 19.8 Å². The van der Waals surface area contributed by atoms with Crippen LogP contribution in [0.3, 0.4) is 0 Å². The van der Waals surface area contributed by atoms with Crippen molar-refractivity contribution in [3.8, 4) is 0 Å². The van der Waals surface area contributed by atoms with E-state index >= 15 is 0 Å². The van der Waals surface area contributed by atoms with Crippen molar-refractivity contribution in [1.82, 2.24) is 0 Å². The summed E-state index contributed by atoms with van der Waals surface area (Å²) in [4.78, 5) is 0. The summed E-state index contributed by atoms with van der Waals surface area (Å²) in [7, 11) is 0. The Morgan fingerprint density at radius 1 is 1.43 bits per heavy atom. The fourth-order valence-corrected chi connectivity index (χ4v) is 1.45. The van der Waals surface area contributed by atoms with Crippen molar-refractivity contribution < 1.29 is 9.47 Å². The molecule has 0 amide bonds. The van der Waals surface area contributed by atoms with E-state index in [9.17, 15) is 0 Å². The second-order valence-electron chi connectivity index (χ2n) is 3.71. The minimum atomic E-state index is 0.381. The molecule has 2 heteroatoms. The number of hydrogen-bond donors (Lipinski definition) is 0. The molecule has 0 aliphatic carbocycles. The molecule has 1 aromatic carbocycles. The lowest BCUT2D eigenvalue weighted by Gasteiger charge is -2.05. The predicted octanol–water partition coefficient (Wildman–Crippen LogP) is 1.95. The summed E-state index contributed by atoms with van der Waals surface area (Å²) >= 11 is 0. The average Bonchev–Trinajstić information content (AvgIpc) is 2.99. The number of hydrogen-bond acceptors (Lipinski definition) is 2. The van der Waals surface area contributed by atoms with Crippen molar-refractivity contribution >= 4 is 0 Å². The Balaban J connectivity index is 1.71. The third kappa shape index (κ3) is 2.82. The highest BCUT2D eigenvalue weighted by Crippen LogP contribution is 2.10. The zero-order valence-corrected chi connectivity index (χ0v) is 8.53. The van der Waals surface area contributed by atoms with E-state index in [-0.39, 0.29) is 0 Å². The van der Waals surface area contributed by atoms with Crippen molar-refractivity contribution in [2.75, 3.05) is 19.8 Å². The van der Waals surface area contributed by atoms with Gasteiger partial charge in [0, 0.05) is 0 Å². The lowest BCUT2D eigenvalue weighted by molar-refractivity contribution is 0.119. The van der Waals surface area contributed by atoms with Gasteiger partial charge in [0.25, 0.3) is 0 Å². The lowest BCUT2D eigenvalue weighted by atomic mass is 10.1. The topological polar surface area (TPSA) is 21.8 Å². The molecule has 0 N–H and O–H groups in total. The number of benzene rings is 1. The summed E-state index contributed by atoms with van der Waals surface area (Å²) in [5, 5.41) is 0. The molecule has 1 aromatic rings. The third-order valence-electron chi connectivity index (χ3n) is 2.48. The SMILES string of the molecule is Cc1ccccc1CCOCC1CO1. The number of aryl methyl sites for hydroxylation is 1. The highest BCUT2D eigenvalue weighted by Gasteiger charge is 2.21. The van der Waals surface area contributed by atoms with Crippen LogP contribution in [0.1, 0.15) is 11.1 Å². The molecule has 1 heterocycles. The van der Waals surface area contributed by atoms with Crippen LogP contribution in [-0.2, 0) is 15.9 Å². The molecule has 0 aromatic heterocycles. The Morgan fingerprint density at radius 3 is 2.93 bits per heavy atom. The van der Waals surface area contributed by atoms with Crippen LogP contribution in [-0.4, -0.2) is 25.9 Å². The second kappa shape index (κ2) is 4.58. The van der Waals surface area contributed by atoms with E-state index < -0.39 is 0 Å². The summed E-state index contributed by atoms with van der Waals surface area (Å²) in [5.41, 5.74) is 2.72. The van der Waals surface area contributed by atoms with Crippen molar-refractivity contribution in [3.05, 3.63) is 35.4 Å². The van der Waals surface area contributed by atoms with Crippen LogP contribution in [0, 0.1) is 6.92 Å². The van der Waals surface area contributed by atoms with Gasteiger partial charge in [-0.2, -0.15) is 0 Å². The van der Waals surface area contributed by atoms with Gasteiger partial charge in [0.1, 0.15) is 6.10 Å². The lowest BCUT2D eigenvalue weighted by Crippen LogP contribution is -2.05. The van der Waals surface area contributed by atoms with E-state index in [2.05, 4.69) is 31.2 Å². The Labute approximate surface area is 84.8 Å². The fraction of sp³-hybridized carbons (Fsp3) is 0.500. The van der Waals surface area contributed by atoms with Crippen LogP contribution in [0.25, 0.3) is 0 Å². The van der Waals surface area contributed by atoms with E-state index in [0.29, 0.717) is 6.10 Å². The average molecular weight is 192 g/mol. The van der Waals surface area contributed by atoms with Gasteiger partial charge in [-0.25, -0.2) is 0 Å². The number of epoxide rings is 1. The maximum Gasteiger partial charge on any atom is 0.104 e. The first-order chi connectivity index (χ1) is 6.86. The zero-order valence-electron chi connectivity index (χ0n) is 8.53. The predicted molar refractivity (Wildman–Crippen MR) is 55.4 cm³/mol. The number of rotatable bonds is 5. The molecule has 1 unspecified atom stereocenters. The first-order valence-electron chi connectivity index (χ1n) is 5.10. The molecule has 0 bridgehead atoms.